The zero-order chi connectivity index (χ0) is 15.2. The van der Waals surface area contributed by atoms with E-state index in [1.807, 2.05) is 4.57 Å². The van der Waals surface area contributed by atoms with Crippen molar-refractivity contribution in [2.45, 2.75) is 26.4 Å². The zero-order valence-corrected chi connectivity index (χ0v) is 12.2. The third kappa shape index (κ3) is 3.50. The Morgan fingerprint density at radius 2 is 2.29 bits per heavy atom. The van der Waals surface area contributed by atoms with E-state index in [1.165, 1.54) is 7.11 Å². The number of nitrogen functional groups attached to an aromatic ring is 1. The summed E-state index contributed by atoms with van der Waals surface area (Å²) in [6.45, 7) is 3.44. The highest BCUT2D eigenvalue weighted by Gasteiger charge is 2.09. The monoisotopic (exact) mass is 289 g/mol. The van der Waals surface area contributed by atoms with E-state index < -0.39 is 5.97 Å². The molecule has 7 nitrogen and oxygen atoms in total. The predicted octanol–water partition coefficient (Wildman–Crippen LogP) is 1.67. The summed E-state index contributed by atoms with van der Waals surface area (Å²) in [5.41, 5.74) is 7.59. The largest absolute Gasteiger partial charge is 0.465 e. The number of hydrogen-bond acceptors (Lipinski definition) is 6. The van der Waals surface area contributed by atoms with Crippen molar-refractivity contribution in [2.75, 3.05) is 18.2 Å². The van der Waals surface area contributed by atoms with E-state index in [9.17, 15) is 4.79 Å². The van der Waals surface area contributed by atoms with Gasteiger partial charge in [-0.2, -0.15) is 0 Å². The van der Waals surface area contributed by atoms with Gasteiger partial charge >= 0.3 is 5.97 Å². The number of aryl methyl sites for hydroxylation is 1. The lowest BCUT2D eigenvalue weighted by molar-refractivity contribution is 0.0601. The number of hydrogen-bond donors (Lipinski definition) is 2. The van der Waals surface area contributed by atoms with Crippen LogP contribution < -0.4 is 11.1 Å². The molecule has 7 heteroatoms. The SMILES string of the molecule is CCCn1cnnc1CNc1cc(C(=O)OC)ccc1N. The van der Waals surface area contributed by atoms with Crippen LogP contribution in [0.4, 0.5) is 11.4 Å². The Bertz CT molecular complexity index is 624. The molecule has 0 aliphatic heterocycles. The van der Waals surface area contributed by atoms with E-state index in [4.69, 9.17) is 10.5 Å². The molecule has 21 heavy (non-hydrogen) atoms. The van der Waals surface area contributed by atoms with E-state index in [1.54, 1.807) is 24.5 Å². The van der Waals surface area contributed by atoms with Crippen molar-refractivity contribution >= 4 is 17.3 Å². The first kappa shape index (κ1) is 14.8. The molecule has 112 valence electrons. The number of anilines is 2. The zero-order valence-electron chi connectivity index (χ0n) is 12.2. The molecule has 0 aliphatic carbocycles. The molecule has 0 bridgehead atoms. The number of carbonyl (C=O) groups is 1. The molecule has 0 saturated carbocycles. The van der Waals surface area contributed by atoms with Crippen molar-refractivity contribution < 1.29 is 9.53 Å². The number of rotatable bonds is 6. The summed E-state index contributed by atoms with van der Waals surface area (Å²) < 4.78 is 6.68. The van der Waals surface area contributed by atoms with Gasteiger partial charge in [0.15, 0.2) is 5.82 Å². The van der Waals surface area contributed by atoms with E-state index in [0.29, 0.717) is 23.5 Å². The normalized spacial score (nSPS) is 10.4. The fraction of sp³-hybridized carbons (Fsp3) is 0.357. The van der Waals surface area contributed by atoms with Crippen LogP contribution in [0.15, 0.2) is 24.5 Å². The molecule has 0 unspecified atom stereocenters. The molecule has 2 rings (SSSR count). The molecule has 0 amide bonds. The number of ether oxygens (including phenoxy) is 1. The fourth-order valence-electron chi connectivity index (χ4n) is 1.97. The summed E-state index contributed by atoms with van der Waals surface area (Å²) in [6, 6.07) is 4.97. The van der Waals surface area contributed by atoms with Gasteiger partial charge in [-0.15, -0.1) is 10.2 Å². The Morgan fingerprint density at radius 1 is 1.48 bits per heavy atom. The smallest absolute Gasteiger partial charge is 0.337 e. The maximum Gasteiger partial charge on any atom is 0.337 e. The van der Waals surface area contributed by atoms with Gasteiger partial charge in [0.1, 0.15) is 6.33 Å². The number of nitrogens with one attached hydrogen (secondary N) is 1. The molecular weight excluding hydrogens is 270 g/mol. The highest BCUT2D eigenvalue weighted by Crippen LogP contribution is 2.21. The maximum absolute atomic E-state index is 11.5. The topological polar surface area (TPSA) is 95.1 Å². The molecule has 0 aliphatic rings. The van der Waals surface area contributed by atoms with Crippen LogP contribution in [0.2, 0.25) is 0 Å². The van der Waals surface area contributed by atoms with Crippen LogP contribution >= 0.6 is 0 Å². The van der Waals surface area contributed by atoms with Gasteiger partial charge in [0.05, 0.1) is 30.6 Å². The fourth-order valence-corrected chi connectivity index (χ4v) is 1.97. The Labute approximate surface area is 123 Å². The Kier molecular flexibility index (Phi) is 4.76. The average Bonchev–Trinajstić information content (AvgIpc) is 2.93. The van der Waals surface area contributed by atoms with Gasteiger partial charge in [0.25, 0.3) is 0 Å². The first-order chi connectivity index (χ1) is 10.2. The first-order valence-corrected chi connectivity index (χ1v) is 6.74. The minimum Gasteiger partial charge on any atom is -0.465 e. The van der Waals surface area contributed by atoms with Crippen molar-refractivity contribution in [3.8, 4) is 0 Å². The lowest BCUT2D eigenvalue weighted by Gasteiger charge is -2.11. The van der Waals surface area contributed by atoms with E-state index in [2.05, 4.69) is 22.4 Å². The third-order valence-corrected chi connectivity index (χ3v) is 3.07. The summed E-state index contributed by atoms with van der Waals surface area (Å²) in [5, 5.41) is 11.2. The molecule has 0 fully saturated rings. The molecule has 0 radical (unpaired) electrons. The number of nitrogens with two attached hydrogens (primary N) is 1. The van der Waals surface area contributed by atoms with Crippen molar-refractivity contribution in [1.29, 1.82) is 0 Å². The van der Waals surface area contributed by atoms with Gasteiger partial charge in [-0.25, -0.2) is 4.79 Å². The highest BCUT2D eigenvalue weighted by atomic mass is 16.5. The van der Waals surface area contributed by atoms with Gasteiger partial charge in [-0.1, -0.05) is 6.92 Å². The summed E-state index contributed by atoms with van der Waals surface area (Å²) >= 11 is 0. The maximum atomic E-state index is 11.5. The molecule has 1 heterocycles. The van der Waals surface area contributed by atoms with Crippen molar-refractivity contribution in [3.05, 3.63) is 35.9 Å². The van der Waals surface area contributed by atoms with Gasteiger partial charge < -0.3 is 20.4 Å². The van der Waals surface area contributed by atoms with Crippen LogP contribution in [0.5, 0.6) is 0 Å². The van der Waals surface area contributed by atoms with E-state index in [0.717, 1.165) is 18.8 Å². The molecule has 0 spiro atoms. The van der Waals surface area contributed by atoms with Gasteiger partial charge in [-0.05, 0) is 24.6 Å². The van der Waals surface area contributed by atoms with Crippen LogP contribution in [0.3, 0.4) is 0 Å². The first-order valence-electron chi connectivity index (χ1n) is 6.74. The second-order valence-corrected chi connectivity index (χ2v) is 4.59. The summed E-state index contributed by atoms with van der Waals surface area (Å²) in [5.74, 6) is 0.423. The second-order valence-electron chi connectivity index (χ2n) is 4.59. The Morgan fingerprint density at radius 3 is 3.00 bits per heavy atom. The Hall–Kier alpha value is -2.57. The van der Waals surface area contributed by atoms with E-state index in [-0.39, 0.29) is 0 Å². The van der Waals surface area contributed by atoms with Crippen LogP contribution in [-0.4, -0.2) is 27.8 Å². The van der Waals surface area contributed by atoms with Crippen LogP contribution in [0.25, 0.3) is 0 Å². The molecule has 3 N–H and O–H groups in total. The second kappa shape index (κ2) is 6.74. The van der Waals surface area contributed by atoms with E-state index >= 15 is 0 Å². The summed E-state index contributed by atoms with van der Waals surface area (Å²) in [7, 11) is 1.35. The molecule has 1 aromatic carbocycles. The van der Waals surface area contributed by atoms with Crippen LogP contribution in [0, 0.1) is 0 Å². The molecule has 2 aromatic rings. The number of aromatic nitrogens is 3. The minimum atomic E-state index is -0.396. The summed E-state index contributed by atoms with van der Waals surface area (Å²) in [4.78, 5) is 11.5. The lowest BCUT2D eigenvalue weighted by atomic mass is 10.1. The number of methoxy groups -OCH3 is 1. The third-order valence-electron chi connectivity index (χ3n) is 3.07. The van der Waals surface area contributed by atoms with Crippen molar-refractivity contribution in [1.82, 2.24) is 14.8 Å². The average molecular weight is 289 g/mol. The Balaban J connectivity index is 2.12. The lowest BCUT2D eigenvalue weighted by Crippen LogP contribution is -2.10. The summed E-state index contributed by atoms with van der Waals surface area (Å²) in [6.07, 6.45) is 2.71. The number of carbonyl (C=O) groups excluding carboxylic acids is 1. The molecule has 0 atom stereocenters. The molecule has 1 aromatic heterocycles. The van der Waals surface area contributed by atoms with Gasteiger partial charge in [0.2, 0.25) is 0 Å². The van der Waals surface area contributed by atoms with Gasteiger partial charge in [0, 0.05) is 6.54 Å². The molecular formula is C14H19N5O2. The van der Waals surface area contributed by atoms with Crippen molar-refractivity contribution in [3.63, 3.8) is 0 Å². The number of benzene rings is 1. The quantitative estimate of drug-likeness (QED) is 0.620. The predicted molar refractivity (Wildman–Crippen MR) is 79.8 cm³/mol. The van der Waals surface area contributed by atoms with Crippen LogP contribution in [0.1, 0.15) is 29.5 Å². The number of esters is 1. The van der Waals surface area contributed by atoms with Gasteiger partial charge in [-0.3, -0.25) is 0 Å². The molecule has 0 saturated heterocycles. The highest BCUT2D eigenvalue weighted by molar-refractivity contribution is 5.91. The number of nitrogens with zero attached hydrogens (tertiary/aromatic N) is 3. The van der Waals surface area contributed by atoms with Crippen LogP contribution in [-0.2, 0) is 17.8 Å². The minimum absolute atomic E-state index is 0.396. The standard InChI is InChI=1S/C14H19N5O2/c1-3-6-19-9-17-18-13(19)8-16-12-7-10(14(20)21-2)4-5-11(12)15/h4-5,7,9,16H,3,6,8,15H2,1-2H3. The van der Waals surface area contributed by atoms with Crippen molar-refractivity contribution in [2.24, 2.45) is 0 Å².